The van der Waals surface area contributed by atoms with Gasteiger partial charge in [-0.05, 0) is 57.7 Å². The van der Waals surface area contributed by atoms with Crippen LogP contribution in [-0.2, 0) is 4.74 Å². The summed E-state index contributed by atoms with van der Waals surface area (Å²) in [5.74, 6) is -0.485. The lowest BCUT2D eigenvalue weighted by Crippen LogP contribution is -2.43. The standard InChI is InChI=1S/C21H30FN3O3/c1-14-12-25(13-17(14)23-20(27)28-21(2,3)4)19(26)15-7-8-18(16(22)11-15)24-9-5-6-10-24/h7-8,11,14,17H,5-6,9-10,12-13H2,1-4H3,(H,23,27)/t14-,17+/m1/s1. The fourth-order valence-electron chi connectivity index (χ4n) is 3.82. The number of carbonyl (C=O) groups is 2. The molecule has 2 atom stereocenters. The normalized spacial score (nSPS) is 22.5. The molecule has 6 nitrogen and oxygen atoms in total. The largest absolute Gasteiger partial charge is 0.444 e. The first-order valence-electron chi connectivity index (χ1n) is 9.97. The second kappa shape index (κ2) is 7.97. The van der Waals surface area contributed by atoms with Gasteiger partial charge < -0.3 is 19.9 Å². The summed E-state index contributed by atoms with van der Waals surface area (Å²) in [6, 6.07) is 4.53. The lowest BCUT2D eigenvalue weighted by atomic mass is 10.1. The second-order valence-corrected chi connectivity index (χ2v) is 8.80. The fraction of sp³-hybridized carbons (Fsp3) is 0.619. The molecule has 2 aliphatic heterocycles. The van der Waals surface area contributed by atoms with Crippen LogP contribution in [-0.4, -0.2) is 54.7 Å². The Bertz CT molecular complexity index is 741. The summed E-state index contributed by atoms with van der Waals surface area (Å²) < 4.78 is 19.8. The summed E-state index contributed by atoms with van der Waals surface area (Å²) in [5.41, 5.74) is 0.328. The Balaban J connectivity index is 1.63. The van der Waals surface area contributed by atoms with Gasteiger partial charge in [0.1, 0.15) is 11.4 Å². The number of ether oxygens (including phenoxy) is 1. The highest BCUT2D eigenvalue weighted by Crippen LogP contribution is 2.26. The number of alkyl carbamates (subject to hydrolysis) is 1. The number of nitrogens with one attached hydrogen (secondary N) is 1. The zero-order valence-corrected chi connectivity index (χ0v) is 17.1. The van der Waals surface area contributed by atoms with Gasteiger partial charge in [-0.1, -0.05) is 6.92 Å². The fourth-order valence-corrected chi connectivity index (χ4v) is 3.82. The first-order valence-corrected chi connectivity index (χ1v) is 9.97. The van der Waals surface area contributed by atoms with Crippen LogP contribution >= 0.6 is 0 Å². The molecule has 1 aromatic rings. The molecule has 2 fully saturated rings. The molecule has 7 heteroatoms. The highest BCUT2D eigenvalue weighted by molar-refractivity contribution is 5.95. The highest BCUT2D eigenvalue weighted by atomic mass is 19.1. The van der Waals surface area contributed by atoms with Crippen molar-refractivity contribution in [2.45, 2.75) is 52.2 Å². The maximum Gasteiger partial charge on any atom is 0.407 e. The number of carbonyl (C=O) groups excluding carboxylic acids is 2. The van der Waals surface area contributed by atoms with Gasteiger partial charge in [-0.15, -0.1) is 0 Å². The van der Waals surface area contributed by atoms with Crippen LogP contribution in [0.3, 0.4) is 0 Å². The van der Waals surface area contributed by atoms with Gasteiger partial charge in [0.25, 0.3) is 5.91 Å². The third kappa shape index (κ3) is 4.75. The van der Waals surface area contributed by atoms with Crippen LogP contribution in [0.25, 0.3) is 0 Å². The monoisotopic (exact) mass is 391 g/mol. The van der Waals surface area contributed by atoms with Crippen molar-refractivity contribution in [3.63, 3.8) is 0 Å². The average molecular weight is 391 g/mol. The van der Waals surface area contributed by atoms with Gasteiger partial charge in [-0.2, -0.15) is 0 Å². The Labute approximate surface area is 166 Å². The van der Waals surface area contributed by atoms with Crippen LogP contribution in [0.2, 0.25) is 0 Å². The van der Waals surface area contributed by atoms with Crippen molar-refractivity contribution < 1.29 is 18.7 Å². The van der Waals surface area contributed by atoms with E-state index in [-0.39, 0.29) is 23.7 Å². The van der Waals surface area contributed by atoms with E-state index >= 15 is 0 Å². The Kier molecular flexibility index (Phi) is 5.82. The molecule has 2 aliphatic rings. The number of rotatable bonds is 3. The topological polar surface area (TPSA) is 61.9 Å². The van der Waals surface area contributed by atoms with Crippen LogP contribution in [0.4, 0.5) is 14.9 Å². The van der Waals surface area contributed by atoms with Crippen molar-refractivity contribution in [1.29, 1.82) is 0 Å². The third-order valence-corrected chi connectivity index (χ3v) is 5.24. The molecule has 0 spiro atoms. The second-order valence-electron chi connectivity index (χ2n) is 8.80. The minimum Gasteiger partial charge on any atom is -0.444 e. The number of likely N-dealkylation sites (tertiary alicyclic amines) is 1. The zero-order valence-electron chi connectivity index (χ0n) is 17.1. The minimum atomic E-state index is -0.573. The predicted octanol–water partition coefficient (Wildman–Crippen LogP) is 3.41. The van der Waals surface area contributed by atoms with Crippen LogP contribution in [0.15, 0.2) is 18.2 Å². The number of hydrogen-bond acceptors (Lipinski definition) is 4. The summed E-state index contributed by atoms with van der Waals surface area (Å²) in [7, 11) is 0. The van der Waals surface area contributed by atoms with Crippen molar-refractivity contribution in [1.82, 2.24) is 10.2 Å². The number of nitrogens with zero attached hydrogens (tertiary/aromatic N) is 2. The molecule has 0 aromatic heterocycles. The van der Waals surface area contributed by atoms with Crippen molar-refractivity contribution in [3.05, 3.63) is 29.6 Å². The zero-order chi connectivity index (χ0) is 20.5. The van der Waals surface area contributed by atoms with Crippen molar-refractivity contribution >= 4 is 17.7 Å². The first-order chi connectivity index (χ1) is 13.1. The molecule has 1 N–H and O–H groups in total. The first kappa shape index (κ1) is 20.4. The van der Waals surface area contributed by atoms with Gasteiger partial charge in [0, 0.05) is 31.7 Å². The van der Waals surface area contributed by atoms with E-state index in [2.05, 4.69) is 5.32 Å². The number of benzene rings is 1. The Morgan fingerprint density at radius 1 is 1.18 bits per heavy atom. The van der Waals surface area contributed by atoms with Gasteiger partial charge in [0.05, 0.1) is 11.7 Å². The molecule has 2 saturated heterocycles. The van der Waals surface area contributed by atoms with E-state index < -0.39 is 11.7 Å². The minimum absolute atomic E-state index is 0.0881. The van der Waals surface area contributed by atoms with E-state index in [1.165, 1.54) is 6.07 Å². The Morgan fingerprint density at radius 3 is 2.46 bits per heavy atom. The van der Waals surface area contributed by atoms with Crippen LogP contribution in [0, 0.1) is 11.7 Å². The maximum atomic E-state index is 14.5. The van der Waals surface area contributed by atoms with Gasteiger partial charge >= 0.3 is 6.09 Å². The summed E-state index contributed by atoms with van der Waals surface area (Å²) in [4.78, 5) is 28.5. The van der Waals surface area contributed by atoms with Gasteiger partial charge in [0.2, 0.25) is 0 Å². The van der Waals surface area contributed by atoms with Gasteiger partial charge in [-0.25, -0.2) is 9.18 Å². The van der Waals surface area contributed by atoms with Crippen LogP contribution < -0.4 is 10.2 Å². The van der Waals surface area contributed by atoms with Gasteiger partial charge in [0.15, 0.2) is 0 Å². The lowest BCUT2D eigenvalue weighted by molar-refractivity contribution is 0.0494. The summed E-state index contributed by atoms with van der Waals surface area (Å²) in [5, 5.41) is 2.84. The molecule has 1 aromatic carbocycles. The van der Waals surface area contributed by atoms with Crippen LogP contribution in [0.5, 0.6) is 0 Å². The van der Waals surface area contributed by atoms with E-state index in [4.69, 9.17) is 4.74 Å². The molecular formula is C21H30FN3O3. The quantitative estimate of drug-likeness (QED) is 0.858. The van der Waals surface area contributed by atoms with Crippen molar-refractivity contribution in [2.24, 2.45) is 5.92 Å². The number of anilines is 1. The van der Waals surface area contributed by atoms with E-state index in [1.54, 1.807) is 37.8 Å². The lowest BCUT2D eigenvalue weighted by Gasteiger charge is -2.23. The van der Waals surface area contributed by atoms with E-state index in [0.717, 1.165) is 25.9 Å². The maximum absolute atomic E-state index is 14.5. The van der Waals surface area contributed by atoms with Crippen LogP contribution in [0.1, 0.15) is 50.9 Å². The summed E-state index contributed by atoms with van der Waals surface area (Å²) in [6.07, 6.45) is 1.65. The molecule has 3 rings (SSSR count). The smallest absolute Gasteiger partial charge is 0.407 e. The number of halogens is 1. The highest BCUT2D eigenvalue weighted by Gasteiger charge is 2.35. The molecule has 154 valence electrons. The average Bonchev–Trinajstić information content (AvgIpc) is 3.23. The predicted molar refractivity (Wildman–Crippen MR) is 106 cm³/mol. The molecule has 2 amide bonds. The number of amides is 2. The van der Waals surface area contributed by atoms with E-state index in [9.17, 15) is 14.0 Å². The molecule has 0 aliphatic carbocycles. The Morgan fingerprint density at radius 2 is 1.86 bits per heavy atom. The van der Waals surface area contributed by atoms with Crippen molar-refractivity contribution in [3.8, 4) is 0 Å². The summed E-state index contributed by atoms with van der Waals surface area (Å²) in [6.45, 7) is 10.00. The molecule has 0 radical (unpaired) electrons. The number of hydrogen-bond donors (Lipinski definition) is 1. The Hall–Kier alpha value is -2.31. The van der Waals surface area contributed by atoms with E-state index in [1.807, 2.05) is 11.8 Å². The van der Waals surface area contributed by atoms with Gasteiger partial charge in [-0.3, -0.25) is 4.79 Å². The molecule has 28 heavy (non-hydrogen) atoms. The van der Waals surface area contributed by atoms with Crippen molar-refractivity contribution in [2.75, 3.05) is 31.1 Å². The molecule has 0 unspecified atom stereocenters. The molecule has 0 bridgehead atoms. The molecule has 0 saturated carbocycles. The summed E-state index contributed by atoms with van der Waals surface area (Å²) >= 11 is 0. The third-order valence-electron chi connectivity index (χ3n) is 5.24. The SMILES string of the molecule is C[C@@H]1CN(C(=O)c2ccc(N3CCCC3)c(F)c2)C[C@@H]1NC(=O)OC(C)(C)C. The molecular weight excluding hydrogens is 361 g/mol. The molecule has 2 heterocycles. The van der Waals surface area contributed by atoms with E-state index in [0.29, 0.717) is 24.3 Å².